The number of aliphatic hydroxyl groups excluding tert-OH is 1. The molecule has 28 heavy (non-hydrogen) atoms. The minimum Gasteiger partial charge on any atom is -0.495 e. The molecule has 0 spiro atoms. The zero-order chi connectivity index (χ0) is 19.9. The van der Waals surface area contributed by atoms with Crippen LogP contribution in [-0.4, -0.2) is 23.0 Å². The molecule has 0 aliphatic rings. The number of nitrogen functional groups attached to an aromatic ring is 1. The van der Waals surface area contributed by atoms with Crippen LogP contribution in [0.3, 0.4) is 0 Å². The Kier molecular flexibility index (Phi) is 6.04. The number of ether oxygens (including phenoxy) is 1. The monoisotopic (exact) mass is 375 g/mol. The van der Waals surface area contributed by atoms with E-state index >= 15 is 0 Å². The van der Waals surface area contributed by atoms with Gasteiger partial charge < -0.3 is 20.9 Å². The van der Waals surface area contributed by atoms with Crippen molar-refractivity contribution in [1.82, 2.24) is 4.98 Å². The Morgan fingerprint density at radius 3 is 2.68 bits per heavy atom. The summed E-state index contributed by atoms with van der Waals surface area (Å²) in [6.45, 7) is -0.00413. The molecule has 3 aromatic rings. The summed E-state index contributed by atoms with van der Waals surface area (Å²) >= 11 is 0. The van der Waals surface area contributed by atoms with Gasteiger partial charge in [0.05, 0.1) is 19.4 Å². The molecule has 0 radical (unpaired) electrons. The van der Waals surface area contributed by atoms with Gasteiger partial charge in [0.25, 0.3) is 0 Å². The molecule has 2 aromatic carbocycles. The third-order valence-corrected chi connectivity index (χ3v) is 4.17. The number of allylic oxidation sites excluding steroid dienone is 1. The van der Waals surface area contributed by atoms with Gasteiger partial charge in [-0.1, -0.05) is 12.1 Å². The molecule has 0 bridgehead atoms. The molecular weight excluding hydrogens is 354 g/mol. The van der Waals surface area contributed by atoms with Gasteiger partial charge in [-0.2, -0.15) is 0 Å². The van der Waals surface area contributed by atoms with Crippen molar-refractivity contribution in [2.24, 2.45) is 0 Å². The van der Waals surface area contributed by atoms with Gasteiger partial charge in [-0.25, -0.2) is 4.98 Å². The van der Waals surface area contributed by atoms with E-state index in [1.54, 1.807) is 36.5 Å². The Balaban J connectivity index is 1.78. The first-order valence-corrected chi connectivity index (χ1v) is 8.68. The minimum absolute atomic E-state index is 0.00413. The van der Waals surface area contributed by atoms with Gasteiger partial charge in [-0.05, 0) is 60.2 Å². The number of pyridine rings is 1. The van der Waals surface area contributed by atoms with Gasteiger partial charge in [-0.3, -0.25) is 4.79 Å². The van der Waals surface area contributed by atoms with Crippen LogP contribution in [0.4, 0.5) is 17.2 Å². The summed E-state index contributed by atoms with van der Waals surface area (Å²) in [5.41, 5.74) is 9.19. The lowest BCUT2D eigenvalue weighted by Gasteiger charge is -2.09. The number of rotatable bonds is 7. The van der Waals surface area contributed by atoms with Crippen LogP contribution < -0.4 is 15.8 Å². The van der Waals surface area contributed by atoms with Crippen molar-refractivity contribution in [2.75, 3.05) is 18.2 Å². The Hall–Kier alpha value is -3.64. The summed E-state index contributed by atoms with van der Waals surface area (Å²) in [6, 6.07) is 16.0. The minimum atomic E-state index is -0.170. The second-order valence-electron chi connectivity index (χ2n) is 6.08. The Bertz CT molecular complexity index is 998. The molecule has 6 heteroatoms. The van der Waals surface area contributed by atoms with Crippen LogP contribution >= 0.6 is 0 Å². The summed E-state index contributed by atoms with van der Waals surface area (Å²) in [5.74, 6) is 0.987. The highest BCUT2D eigenvalue weighted by atomic mass is 16.5. The number of methoxy groups -OCH3 is 1. The van der Waals surface area contributed by atoms with Crippen molar-refractivity contribution in [3.05, 3.63) is 83.6 Å². The lowest BCUT2D eigenvalue weighted by atomic mass is 10.1. The smallest absolute Gasteiger partial charge is 0.185 e. The van der Waals surface area contributed by atoms with Gasteiger partial charge in [0.15, 0.2) is 5.78 Å². The van der Waals surface area contributed by atoms with Crippen LogP contribution in [-0.2, 0) is 6.61 Å². The first kappa shape index (κ1) is 19.1. The second-order valence-corrected chi connectivity index (χ2v) is 6.08. The van der Waals surface area contributed by atoms with Gasteiger partial charge in [0.2, 0.25) is 0 Å². The Morgan fingerprint density at radius 2 is 2.00 bits per heavy atom. The highest BCUT2D eigenvalue weighted by molar-refractivity contribution is 6.07. The number of benzene rings is 2. The molecule has 0 saturated heterocycles. The van der Waals surface area contributed by atoms with Crippen LogP contribution in [0.25, 0.3) is 6.08 Å². The molecule has 0 aliphatic carbocycles. The first-order chi connectivity index (χ1) is 13.6. The van der Waals surface area contributed by atoms with E-state index in [2.05, 4.69) is 10.3 Å². The molecule has 142 valence electrons. The normalized spacial score (nSPS) is 10.8. The number of hydrogen-bond acceptors (Lipinski definition) is 6. The molecule has 0 atom stereocenters. The van der Waals surface area contributed by atoms with E-state index in [1.165, 1.54) is 13.2 Å². The van der Waals surface area contributed by atoms with Crippen LogP contribution in [0.2, 0.25) is 0 Å². The topological polar surface area (TPSA) is 97.5 Å². The maximum atomic E-state index is 12.5. The standard InChI is InChI=1S/C22H21N3O3/c1-28-21-11-7-17(13-19(21)23)20(27)10-6-16-3-2-12-24-22(16)25-18-8-4-15(14-26)5-9-18/h2-13,26H,14,23H2,1H3,(H,24,25). The van der Waals surface area contributed by atoms with Gasteiger partial charge in [-0.15, -0.1) is 0 Å². The van der Waals surface area contributed by atoms with Gasteiger partial charge in [0.1, 0.15) is 11.6 Å². The van der Waals surface area contributed by atoms with Crippen LogP contribution in [0.5, 0.6) is 5.75 Å². The van der Waals surface area contributed by atoms with Crippen molar-refractivity contribution in [3.8, 4) is 5.75 Å². The molecule has 4 N–H and O–H groups in total. The van der Waals surface area contributed by atoms with Gasteiger partial charge in [0, 0.05) is 23.0 Å². The summed E-state index contributed by atoms with van der Waals surface area (Å²) in [4.78, 5) is 16.8. The molecule has 0 fully saturated rings. The lowest BCUT2D eigenvalue weighted by Crippen LogP contribution is -1.99. The summed E-state index contributed by atoms with van der Waals surface area (Å²) in [7, 11) is 1.53. The fourth-order valence-corrected chi connectivity index (χ4v) is 2.64. The first-order valence-electron chi connectivity index (χ1n) is 8.68. The molecule has 6 nitrogen and oxygen atoms in total. The number of carbonyl (C=O) groups excluding carboxylic acids is 1. The molecule has 0 aliphatic heterocycles. The highest BCUT2D eigenvalue weighted by Crippen LogP contribution is 2.23. The Morgan fingerprint density at radius 1 is 1.21 bits per heavy atom. The molecular formula is C22H21N3O3. The number of aromatic nitrogens is 1. The summed E-state index contributed by atoms with van der Waals surface area (Å²) < 4.78 is 5.11. The van der Waals surface area contributed by atoms with Crippen molar-refractivity contribution < 1.29 is 14.6 Å². The number of anilines is 3. The van der Waals surface area contributed by atoms with Crippen molar-refractivity contribution >= 4 is 29.1 Å². The third kappa shape index (κ3) is 4.55. The summed E-state index contributed by atoms with van der Waals surface area (Å²) in [6.07, 6.45) is 4.87. The van der Waals surface area contributed by atoms with E-state index in [4.69, 9.17) is 15.6 Å². The number of hydrogen-bond donors (Lipinski definition) is 3. The van der Waals surface area contributed by atoms with E-state index in [1.807, 2.05) is 30.3 Å². The maximum Gasteiger partial charge on any atom is 0.185 e. The van der Waals surface area contributed by atoms with Crippen LogP contribution in [0.15, 0.2) is 66.9 Å². The van der Waals surface area contributed by atoms with E-state index < -0.39 is 0 Å². The number of nitrogens with one attached hydrogen (secondary N) is 1. The molecule has 0 saturated carbocycles. The molecule has 1 aromatic heterocycles. The fraction of sp³-hybridized carbons (Fsp3) is 0.0909. The highest BCUT2D eigenvalue weighted by Gasteiger charge is 2.07. The predicted molar refractivity (Wildman–Crippen MR) is 111 cm³/mol. The van der Waals surface area contributed by atoms with Crippen molar-refractivity contribution in [2.45, 2.75) is 6.61 Å². The molecule has 3 rings (SSSR count). The lowest BCUT2D eigenvalue weighted by molar-refractivity contribution is 0.104. The summed E-state index contributed by atoms with van der Waals surface area (Å²) in [5, 5.41) is 12.4. The van der Waals surface area contributed by atoms with E-state index in [-0.39, 0.29) is 12.4 Å². The molecule has 1 heterocycles. The van der Waals surface area contributed by atoms with Crippen molar-refractivity contribution in [1.29, 1.82) is 0 Å². The van der Waals surface area contributed by atoms with Gasteiger partial charge >= 0.3 is 0 Å². The van der Waals surface area contributed by atoms with E-state index in [0.717, 1.165) is 16.8 Å². The SMILES string of the molecule is COc1ccc(C(=O)C=Cc2cccnc2Nc2ccc(CO)cc2)cc1N. The van der Waals surface area contributed by atoms with E-state index in [0.29, 0.717) is 22.8 Å². The number of carbonyl (C=O) groups is 1. The number of nitrogens with two attached hydrogens (primary N) is 1. The largest absolute Gasteiger partial charge is 0.495 e. The average Bonchev–Trinajstić information content (AvgIpc) is 2.73. The van der Waals surface area contributed by atoms with E-state index in [9.17, 15) is 4.79 Å². The average molecular weight is 375 g/mol. The third-order valence-electron chi connectivity index (χ3n) is 4.17. The Labute approximate surface area is 163 Å². The predicted octanol–water partition coefficient (Wildman–Crippen LogP) is 3.80. The van der Waals surface area contributed by atoms with Crippen molar-refractivity contribution in [3.63, 3.8) is 0 Å². The quantitative estimate of drug-likeness (QED) is 0.330. The molecule has 0 unspecified atom stereocenters. The van der Waals surface area contributed by atoms with Crippen LogP contribution in [0, 0.1) is 0 Å². The number of aliphatic hydroxyl groups is 1. The number of nitrogens with zero attached hydrogens (tertiary/aromatic N) is 1. The zero-order valence-electron chi connectivity index (χ0n) is 15.4. The molecule has 0 amide bonds. The second kappa shape index (κ2) is 8.83. The number of ketones is 1. The fourth-order valence-electron chi connectivity index (χ4n) is 2.64. The zero-order valence-corrected chi connectivity index (χ0v) is 15.4. The maximum absolute atomic E-state index is 12.5. The van der Waals surface area contributed by atoms with Crippen LogP contribution in [0.1, 0.15) is 21.5 Å².